The topological polar surface area (TPSA) is 45.8 Å². The Kier molecular flexibility index (Phi) is 2.89. The van der Waals surface area contributed by atoms with Crippen molar-refractivity contribution in [1.82, 2.24) is 9.97 Å². The maximum Gasteiger partial charge on any atom is 0.254 e. The molecule has 1 aliphatic carbocycles. The fraction of sp³-hybridized carbons (Fsp3) is 0.667. The molecule has 0 bridgehead atoms. The van der Waals surface area contributed by atoms with Crippen LogP contribution in [0.3, 0.4) is 0 Å². The van der Waals surface area contributed by atoms with Gasteiger partial charge in [0.1, 0.15) is 5.82 Å². The first-order valence-corrected chi connectivity index (χ1v) is 5.76. The molecular weight excluding hydrogens is 188 g/mol. The van der Waals surface area contributed by atoms with Crippen molar-refractivity contribution < 1.29 is 0 Å². The number of hydrogen-bond donors (Lipinski definition) is 1. The largest absolute Gasteiger partial charge is 0.310 e. The first kappa shape index (κ1) is 10.4. The first-order chi connectivity index (χ1) is 7.18. The van der Waals surface area contributed by atoms with Crippen molar-refractivity contribution in [3.05, 3.63) is 27.4 Å². The van der Waals surface area contributed by atoms with E-state index in [0.717, 1.165) is 17.1 Å². The van der Waals surface area contributed by atoms with Gasteiger partial charge in [0.15, 0.2) is 0 Å². The van der Waals surface area contributed by atoms with Crippen molar-refractivity contribution in [2.45, 2.75) is 51.9 Å². The van der Waals surface area contributed by atoms with Gasteiger partial charge in [-0.2, -0.15) is 0 Å². The number of rotatable bonds is 1. The van der Waals surface area contributed by atoms with Crippen molar-refractivity contribution in [2.24, 2.45) is 0 Å². The summed E-state index contributed by atoms with van der Waals surface area (Å²) in [5.41, 5.74) is 1.65. The van der Waals surface area contributed by atoms with Gasteiger partial charge in [0, 0.05) is 17.2 Å². The molecule has 0 atom stereocenters. The Morgan fingerprint density at radius 3 is 2.47 bits per heavy atom. The summed E-state index contributed by atoms with van der Waals surface area (Å²) in [6, 6.07) is 0. The summed E-state index contributed by atoms with van der Waals surface area (Å²) in [6.45, 7) is 3.74. The lowest BCUT2D eigenvalue weighted by Gasteiger charge is -2.20. The Bertz CT molecular complexity index is 403. The van der Waals surface area contributed by atoms with Crippen LogP contribution in [0.2, 0.25) is 0 Å². The van der Waals surface area contributed by atoms with E-state index in [9.17, 15) is 4.79 Å². The Morgan fingerprint density at radius 2 is 1.87 bits per heavy atom. The molecule has 1 aromatic rings. The molecule has 0 spiro atoms. The first-order valence-electron chi connectivity index (χ1n) is 5.76. The average Bonchev–Trinajstić information content (AvgIpc) is 2.26. The van der Waals surface area contributed by atoms with Crippen LogP contribution >= 0.6 is 0 Å². The lowest BCUT2D eigenvalue weighted by molar-refractivity contribution is 0.427. The number of H-pyrrole nitrogens is 1. The molecule has 3 nitrogen and oxygen atoms in total. The van der Waals surface area contributed by atoms with Crippen molar-refractivity contribution >= 4 is 0 Å². The van der Waals surface area contributed by atoms with Crippen LogP contribution in [0.25, 0.3) is 0 Å². The Morgan fingerprint density at radius 1 is 1.20 bits per heavy atom. The van der Waals surface area contributed by atoms with Gasteiger partial charge >= 0.3 is 0 Å². The van der Waals surface area contributed by atoms with Gasteiger partial charge in [-0.1, -0.05) is 19.3 Å². The summed E-state index contributed by atoms with van der Waals surface area (Å²) in [4.78, 5) is 19.0. The lowest BCUT2D eigenvalue weighted by atomic mass is 9.88. The normalized spacial score (nSPS) is 18.0. The third-order valence-corrected chi connectivity index (χ3v) is 3.40. The van der Waals surface area contributed by atoms with Crippen LogP contribution in [0.4, 0.5) is 0 Å². The van der Waals surface area contributed by atoms with E-state index in [1.54, 1.807) is 0 Å². The van der Waals surface area contributed by atoms with Crippen LogP contribution in [0.1, 0.15) is 55.1 Å². The molecule has 1 heterocycles. The minimum atomic E-state index is 0.0306. The molecule has 1 saturated carbocycles. The van der Waals surface area contributed by atoms with Crippen LogP contribution < -0.4 is 5.56 Å². The summed E-state index contributed by atoms with van der Waals surface area (Å²) >= 11 is 0. The minimum Gasteiger partial charge on any atom is -0.310 e. The fourth-order valence-corrected chi connectivity index (χ4v) is 2.24. The molecule has 0 amide bonds. The molecule has 1 aromatic heterocycles. The van der Waals surface area contributed by atoms with E-state index in [-0.39, 0.29) is 5.56 Å². The van der Waals surface area contributed by atoms with E-state index in [2.05, 4.69) is 9.97 Å². The molecule has 2 rings (SSSR count). The highest BCUT2D eigenvalue weighted by Gasteiger charge is 2.18. The lowest BCUT2D eigenvalue weighted by Crippen LogP contribution is -2.19. The molecule has 15 heavy (non-hydrogen) atoms. The van der Waals surface area contributed by atoms with Crippen molar-refractivity contribution in [2.75, 3.05) is 0 Å². The zero-order chi connectivity index (χ0) is 10.8. The summed E-state index contributed by atoms with van der Waals surface area (Å²) in [5, 5.41) is 0. The summed E-state index contributed by atoms with van der Waals surface area (Å²) in [5.74, 6) is 1.38. The molecule has 1 aliphatic rings. The van der Waals surface area contributed by atoms with Gasteiger partial charge in [-0.25, -0.2) is 4.98 Å². The van der Waals surface area contributed by atoms with Crippen molar-refractivity contribution in [3.8, 4) is 0 Å². The molecule has 0 aliphatic heterocycles. The second-order valence-electron chi connectivity index (χ2n) is 4.50. The molecule has 82 valence electrons. The average molecular weight is 206 g/mol. The highest BCUT2D eigenvalue weighted by atomic mass is 16.1. The van der Waals surface area contributed by atoms with Crippen molar-refractivity contribution in [3.63, 3.8) is 0 Å². The number of nitrogens with zero attached hydrogens (tertiary/aromatic N) is 1. The molecule has 0 saturated heterocycles. The predicted octanol–water partition coefficient (Wildman–Crippen LogP) is 2.43. The monoisotopic (exact) mass is 206 g/mol. The van der Waals surface area contributed by atoms with Crippen LogP contribution in [0.5, 0.6) is 0 Å². The molecule has 0 aromatic carbocycles. The predicted molar refractivity (Wildman–Crippen MR) is 60.2 cm³/mol. The SMILES string of the molecule is Cc1nc(C2CCCCC2)[nH]c(=O)c1C. The van der Waals surface area contributed by atoms with Crippen LogP contribution in [-0.2, 0) is 0 Å². The summed E-state index contributed by atoms with van der Waals surface area (Å²) in [6.07, 6.45) is 6.20. The van der Waals surface area contributed by atoms with E-state index in [1.165, 1.54) is 32.1 Å². The quantitative estimate of drug-likeness (QED) is 0.767. The van der Waals surface area contributed by atoms with Crippen molar-refractivity contribution in [1.29, 1.82) is 0 Å². The van der Waals surface area contributed by atoms with E-state index < -0.39 is 0 Å². The summed E-state index contributed by atoms with van der Waals surface area (Å²) in [7, 11) is 0. The molecule has 1 fully saturated rings. The van der Waals surface area contributed by atoms with E-state index in [0.29, 0.717) is 5.92 Å². The fourth-order valence-electron chi connectivity index (χ4n) is 2.24. The van der Waals surface area contributed by atoms with Gasteiger partial charge in [-0.3, -0.25) is 4.79 Å². The second kappa shape index (κ2) is 4.17. The third-order valence-electron chi connectivity index (χ3n) is 3.40. The van der Waals surface area contributed by atoms with Gasteiger partial charge < -0.3 is 4.98 Å². The number of hydrogen-bond acceptors (Lipinski definition) is 2. The molecular formula is C12H18N2O. The highest BCUT2D eigenvalue weighted by molar-refractivity contribution is 5.15. The number of aromatic amines is 1. The number of aromatic nitrogens is 2. The van der Waals surface area contributed by atoms with Gasteiger partial charge in [0.25, 0.3) is 5.56 Å². The highest BCUT2D eigenvalue weighted by Crippen LogP contribution is 2.30. The van der Waals surface area contributed by atoms with E-state index >= 15 is 0 Å². The molecule has 3 heteroatoms. The van der Waals surface area contributed by atoms with E-state index in [1.807, 2.05) is 13.8 Å². The van der Waals surface area contributed by atoms with Gasteiger partial charge in [0.05, 0.1) is 0 Å². The van der Waals surface area contributed by atoms with Crippen LogP contribution in [-0.4, -0.2) is 9.97 Å². The molecule has 0 radical (unpaired) electrons. The van der Waals surface area contributed by atoms with Gasteiger partial charge in [0.2, 0.25) is 0 Å². The van der Waals surface area contributed by atoms with E-state index in [4.69, 9.17) is 0 Å². The van der Waals surface area contributed by atoms with Crippen LogP contribution in [0.15, 0.2) is 4.79 Å². The summed E-state index contributed by atoms with van der Waals surface area (Å²) < 4.78 is 0. The molecule has 1 N–H and O–H groups in total. The zero-order valence-corrected chi connectivity index (χ0v) is 9.47. The maximum absolute atomic E-state index is 11.6. The van der Waals surface area contributed by atoms with Gasteiger partial charge in [-0.05, 0) is 26.7 Å². The third kappa shape index (κ3) is 2.11. The van der Waals surface area contributed by atoms with Crippen LogP contribution in [0, 0.1) is 13.8 Å². The molecule has 0 unspecified atom stereocenters. The number of nitrogens with one attached hydrogen (secondary N) is 1. The second-order valence-corrected chi connectivity index (χ2v) is 4.50. The Labute approximate surface area is 89.9 Å². The Hall–Kier alpha value is -1.12. The maximum atomic E-state index is 11.6. The standard InChI is InChI=1S/C12H18N2O/c1-8-9(2)13-11(14-12(8)15)10-6-4-3-5-7-10/h10H,3-7H2,1-2H3,(H,13,14,15). The number of aryl methyl sites for hydroxylation is 1. The van der Waals surface area contributed by atoms with Gasteiger partial charge in [-0.15, -0.1) is 0 Å². The smallest absolute Gasteiger partial charge is 0.254 e. The zero-order valence-electron chi connectivity index (χ0n) is 9.47. The Balaban J connectivity index is 2.32. The minimum absolute atomic E-state index is 0.0306.